The van der Waals surface area contributed by atoms with E-state index in [9.17, 15) is 14.4 Å². The summed E-state index contributed by atoms with van der Waals surface area (Å²) in [5.41, 5.74) is 0. The van der Waals surface area contributed by atoms with Crippen LogP contribution in [0.15, 0.2) is 0 Å². The fourth-order valence-corrected chi connectivity index (χ4v) is 1.16. The Morgan fingerprint density at radius 1 is 1.29 bits per heavy atom. The van der Waals surface area contributed by atoms with Crippen LogP contribution >= 0.6 is 0 Å². The molecule has 7 nitrogen and oxygen atoms in total. The van der Waals surface area contributed by atoms with Crippen molar-refractivity contribution in [3.63, 3.8) is 0 Å². The minimum atomic E-state index is -1.09. The third-order valence-electron chi connectivity index (χ3n) is 1.80. The van der Waals surface area contributed by atoms with E-state index in [1.165, 1.54) is 0 Å². The van der Waals surface area contributed by atoms with Crippen LogP contribution in [0.25, 0.3) is 0 Å². The first-order chi connectivity index (χ1) is 8.01. The molecular weight excluding hydrogens is 228 g/mol. The summed E-state index contributed by atoms with van der Waals surface area (Å²) in [6.45, 7) is 3.40. The summed E-state index contributed by atoms with van der Waals surface area (Å²) in [5.74, 6) is -1.64. The van der Waals surface area contributed by atoms with Crippen LogP contribution < -0.4 is 5.32 Å². The van der Waals surface area contributed by atoms with Crippen molar-refractivity contribution in [1.82, 2.24) is 10.2 Å². The lowest BCUT2D eigenvalue weighted by atomic mass is 10.4. The summed E-state index contributed by atoms with van der Waals surface area (Å²) < 4.78 is 4.62. The Balaban J connectivity index is 4.13. The molecule has 98 valence electrons. The van der Waals surface area contributed by atoms with Crippen LogP contribution in [-0.2, 0) is 14.3 Å². The summed E-state index contributed by atoms with van der Waals surface area (Å²) in [5, 5.41) is 10.9. The molecule has 2 amide bonds. The predicted octanol–water partition coefficient (Wildman–Crippen LogP) is 0.0557. The number of carbonyl (C=O) groups excluding carboxylic acids is 2. The van der Waals surface area contributed by atoms with Crippen molar-refractivity contribution < 1.29 is 24.2 Å². The molecule has 0 atom stereocenters. The number of ether oxygens (including phenoxy) is 1. The number of hydrogen-bond donors (Lipinski definition) is 2. The van der Waals surface area contributed by atoms with Crippen molar-refractivity contribution in [2.75, 3.05) is 26.2 Å². The Morgan fingerprint density at radius 3 is 2.41 bits per heavy atom. The van der Waals surface area contributed by atoms with E-state index in [4.69, 9.17) is 5.11 Å². The zero-order valence-electron chi connectivity index (χ0n) is 10.1. The van der Waals surface area contributed by atoms with Crippen molar-refractivity contribution in [2.24, 2.45) is 0 Å². The van der Waals surface area contributed by atoms with Crippen LogP contribution in [0.1, 0.15) is 20.3 Å². The van der Waals surface area contributed by atoms with E-state index in [1.54, 1.807) is 6.92 Å². The highest BCUT2D eigenvalue weighted by Crippen LogP contribution is 1.92. The SMILES string of the molecule is CCCN(CC(=O)O)C(=O)NCC(=O)OCC. The van der Waals surface area contributed by atoms with E-state index < -0.39 is 18.0 Å². The first kappa shape index (κ1) is 15.2. The second kappa shape index (κ2) is 8.37. The fraction of sp³-hybridized carbons (Fsp3) is 0.700. The van der Waals surface area contributed by atoms with E-state index in [0.29, 0.717) is 13.0 Å². The largest absolute Gasteiger partial charge is 0.480 e. The van der Waals surface area contributed by atoms with Gasteiger partial charge in [-0.3, -0.25) is 9.59 Å². The van der Waals surface area contributed by atoms with Crippen molar-refractivity contribution in [3.8, 4) is 0 Å². The van der Waals surface area contributed by atoms with Gasteiger partial charge in [-0.25, -0.2) is 4.79 Å². The highest BCUT2D eigenvalue weighted by atomic mass is 16.5. The van der Waals surface area contributed by atoms with Gasteiger partial charge in [0.2, 0.25) is 0 Å². The number of hydrogen-bond acceptors (Lipinski definition) is 4. The molecule has 0 aromatic rings. The number of esters is 1. The molecule has 0 aromatic carbocycles. The van der Waals surface area contributed by atoms with Gasteiger partial charge in [-0.2, -0.15) is 0 Å². The number of nitrogens with zero attached hydrogens (tertiary/aromatic N) is 1. The van der Waals surface area contributed by atoms with Crippen LogP contribution in [0.2, 0.25) is 0 Å². The van der Waals surface area contributed by atoms with Crippen molar-refractivity contribution in [3.05, 3.63) is 0 Å². The third-order valence-corrected chi connectivity index (χ3v) is 1.80. The number of carboxylic acids is 1. The Bertz CT molecular complexity index is 280. The predicted molar refractivity (Wildman–Crippen MR) is 59.5 cm³/mol. The van der Waals surface area contributed by atoms with Gasteiger partial charge in [0.1, 0.15) is 13.1 Å². The Morgan fingerprint density at radius 2 is 1.94 bits per heavy atom. The summed E-state index contributed by atoms with van der Waals surface area (Å²) in [4.78, 5) is 34.1. The summed E-state index contributed by atoms with van der Waals surface area (Å²) >= 11 is 0. The Kier molecular flexibility index (Phi) is 7.49. The molecule has 0 rings (SSSR count). The number of aliphatic carboxylic acids is 1. The topological polar surface area (TPSA) is 95.9 Å². The minimum absolute atomic E-state index is 0.239. The fourth-order valence-electron chi connectivity index (χ4n) is 1.16. The van der Waals surface area contributed by atoms with Crippen LogP contribution in [0, 0.1) is 0 Å². The monoisotopic (exact) mass is 246 g/mol. The highest BCUT2D eigenvalue weighted by molar-refractivity contribution is 5.83. The molecule has 0 saturated heterocycles. The average molecular weight is 246 g/mol. The van der Waals surface area contributed by atoms with Crippen molar-refractivity contribution >= 4 is 18.0 Å². The molecule has 17 heavy (non-hydrogen) atoms. The van der Waals surface area contributed by atoms with E-state index in [-0.39, 0.29) is 19.7 Å². The van der Waals surface area contributed by atoms with E-state index in [1.807, 2.05) is 6.92 Å². The maximum absolute atomic E-state index is 11.5. The number of rotatable bonds is 7. The summed E-state index contributed by atoms with van der Waals surface area (Å²) in [6, 6.07) is -0.581. The third kappa shape index (κ3) is 7.15. The number of carbonyl (C=O) groups is 3. The van der Waals surface area contributed by atoms with Gasteiger partial charge in [-0.15, -0.1) is 0 Å². The molecule has 0 aliphatic heterocycles. The lowest BCUT2D eigenvalue weighted by molar-refractivity contribution is -0.141. The molecule has 0 spiro atoms. The maximum atomic E-state index is 11.5. The van der Waals surface area contributed by atoms with Gasteiger partial charge in [0.15, 0.2) is 0 Å². The Labute approximate surface area is 99.7 Å². The lowest BCUT2D eigenvalue weighted by Crippen LogP contribution is -2.44. The first-order valence-corrected chi connectivity index (χ1v) is 5.41. The van der Waals surface area contributed by atoms with Gasteiger partial charge in [-0.1, -0.05) is 6.92 Å². The summed E-state index contributed by atoms with van der Waals surface area (Å²) in [6.07, 6.45) is 0.639. The smallest absolute Gasteiger partial charge is 0.325 e. The van der Waals surface area contributed by atoms with Gasteiger partial charge in [0.05, 0.1) is 6.61 Å². The molecule has 0 aliphatic rings. The lowest BCUT2D eigenvalue weighted by Gasteiger charge is -2.20. The molecule has 0 aromatic heterocycles. The van der Waals surface area contributed by atoms with Gasteiger partial charge in [0.25, 0.3) is 0 Å². The van der Waals surface area contributed by atoms with Crippen LogP contribution in [0.5, 0.6) is 0 Å². The molecular formula is C10H18N2O5. The first-order valence-electron chi connectivity index (χ1n) is 5.41. The van der Waals surface area contributed by atoms with Crippen LogP contribution in [-0.4, -0.2) is 54.2 Å². The molecule has 2 N–H and O–H groups in total. The quantitative estimate of drug-likeness (QED) is 0.619. The molecule has 0 heterocycles. The maximum Gasteiger partial charge on any atom is 0.325 e. The van der Waals surface area contributed by atoms with Gasteiger partial charge < -0.3 is 20.1 Å². The molecule has 0 fully saturated rings. The van der Waals surface area contributed by atoms with Gasteiger partial charge in [-0.05, 0) is 13.3 Å². The number of urea groups is 1. The molecule has 0 radical (unpaired) electrons. The zero-order chi connectivity index (χ0) is 13.3. The standard InChI is InChI=1S/C10H18N2O5/c1-3-5-12(7-8(13)14)10(16)11-6-9(15)17-4-2/h3-7H2,1-2H3,(H,11,16)(H,13,14). The van der Waals surface area contributed by atoms with Crippen LogP contribution in [0.3, 0.4) is 0 Å². The van der Waals surface area contributed by atoms with Crippen molar-refractivity contribution in [2.45, 2.75) is 20.3 Å². The number of carboxylic acid groups (broad SMARTS) is 1. The molecule has 0 saturated carbocycles. The van der Waals surface area contributed by atoms with E-state index in [2.05, 4.69) is 10.1 Å². The van der Waals surface area contributed by atoms with E-state index >= 15 is 0 Å². The molecule has 0 unspecified atom stereocenters. The van der Waals surface area contributed by atoms with Gasteiger partial charge in [0, 0.05) is 6.54 Å². The second-order valence-corrected chi connectivity index (χ2v) is 3.28. The molecule has 0 aliphatic carbocycles. The molecule has 7 heteroatoms. The Hall–Kier alpha value is -1.79. The van der Waals surface area contributed by atoms with Gasteiger partial charge >= 0.3 is 18.0 Å². The van der Waals surface area contributed by atoms with Crippen molar-refractivity contribution in [1.29, 1.82) is 0 Å². The minimum Gasteiger partial charge on any atom is -0.480 e. The highest BCUT2D eigenvalue weighted by Gasteiger charge is 2.16. The summed E-state index contributed by atoms with van der Waals surface area (Å²) in [7, 11) is 0. The number of amides is 2. The normalized spacial score (nSPS) is 9.53. The number of nitrogens with one attached hydrogen (secondary N) is 1. The second-order valence-electron chi connectivity index (χ2n) is 3.28. The van der Waals surface area contributed by atoms with Crippen LogP contribution in [0.4, 0.5) is 4.79 Å². The zero-order valence-corrected chi connectivity index (χ0v) is 10.1. The molecule has 0 bridgehead atoms. The van der Waals surface area contributed by atoms with E-state index in [0.717, 1.165) is 4.90 Å². The average Bonchev–Trinajstić information content (AvgIpc) is 2.25.